The highest BCUT2D eigenvalue weighted by atomic mass is 16.6. The molecule has 2 N–H and O–H groups in total. The van der Waals surface area contributed by atoms with Crippen molar-refractivity contribution >= 4 is 34.3 Å². The summed E-state index contributed by atoms with van der Waals surface area (Å²) in [6.45, 7) is 12.0. The molecule has 3 aliphatic rings. The number of aromatic nitrogens is 6. The Balaban J connectivity index is 1.01. The minimum Gasteiger partial charge on any atom is -0.444 e. The summed E-state index contributed by atoms with van der Waals surface area (Å²) in [5.41, 5.74) is 5.62. The zero-order valence-electron chi connectivity index (χ0n) is 29.5. The summed E-state index contributed by atoms with van der Waals surface area (Å²) in [6.07, 6.45) is 7.79. The van der Waals surface area contributed by atoms with Crippen molar-refractivity contribution in [2.75, 3.05) is 6.54 Å². The van der Waals surface area contributed by atoms with Gasteiger partial charge in [0.15, 0.2) is 0 Å². The van der Waals surface area contributed by atoms with E-state index < -0.39 is 11.2 Å². The van der Waals surface area contributed by atoms with Gasteiger partial charge in [0.05, 0.1) is 57.9 Å². The number of fused-ring (bicyclic) bond motifs is 3. The average molecular weight is 677 g/mol. The molecule has 2 aromatic carbocycles. The summed E-state index contributed by atoms with van der Waals surface area (Å²) < 4.78 is 11.4. The van der Waals surface area contributed by atoms with Gasteiger partial charge in [0.25, 0.3) is 0 Å². The maximum absolute atomic E-state index is 13.2. The molecule has 0 radical (unpaired) electrons. The topological polar surface area (TPSA) is 142 Å². The number of likely N-dealkylation sites (tertiary alicyclic amines) is 2. The van der Waals surface area contributed by atoms with Gasteiger partial charge in [0, 0.05) is 23.7 Å². The molecular formula is C38H44N8O4. The first-order chi connectivity index (χ1) is 23.8. The Morgan fingerprint density at radius 3 is 2.28 bits per heavy atom. The van der Waals surface area contributed by atoms with Crippen LogP contribution in [0, 0.1) is 5.92 Å². The minimum absolute atomic E-state index is 0.135. The van der Waals surface area contributed by atoms with E-state index in [1.165, 1.54) is 0 Å². The molecule has 260 valence electrons. The molecule has 0 bridgehead atoms. The van der Waals surface area contributed by atoms with Crippen LogP contribution in [-0.2, 0) is 9.47 Å². The van der Waals surface area contributed by atoms with Crippen molar-refractivity contribution in [3.05, 3.63) is 60.4 Å². The lowest BCUT2D eigenvalue weighted by Gasteiger charge is -2.37. The van der Waals surface area contributed by atoms with E-state index >= 15 is 0 Å². The first kappa shape index (κ1) is 32.2. The number of carbonyl (C=O) groups excluding carboxylic acids is 2. The molecular weight excluding hydrogens is 632 g/mol. The molecule has 5 aromatic rings. The van der Waals surface area contributed by atoms with Gasteiger partial charge in [-0.3, -0.25) is 14.8 Å². The first-order valence-electron chi connectivity index (χ1n) is 17.6. The zero-order valence-corrected chi connectivity index (χ0v) is 29.5. The third kappa shape index (κ3) is 6.05. The van der Waals surface area contributed by atoms with E-state index in [1.807, 2.05) is 89.0 Å². The van der Waals surface area contributed by atoms with Crippen LogP contribution in [-0.4, -0.2) is 75.7 Å². The normalized spacial score (nSPS) is 22.2. The van der Waals surface area contributed by atoms with Crippen molar-refractivity contribution < 1.29 is 19.1 Å². The third-order valence-electron chi connectivity index (χ3n) is 9.96. The van der Waals surface area contributed by atoms with Crippen LogP contribution in [0.4, 0.5) is 9.59 Å². The Morgan fingerprint density at radius 1 is 0.760 bits per heavy atom. The summed E-state index contributed by atoms with van der Waals surface area (Å²) >= 11 is 0. The maximum Gasteiger partial charge on any atom is 0.411 e. The second-order valence-corrected chi connectivity index (χ2v) is 15.9. The molecule has 0 spiro atoms. The number of benzene rings is 2. The molecule has 3 aromatic heterocycles. The Morgan fingerprint density at radius 2 is 1.52 bits per heavy atom. The number of carbonyl (C=O) groups is 2. The van der Waals surface area contributed by atoms with Crippen LogP contribution in [0.2, 0.25) is 0 Å². The second kappa shape index (κ2) is 11.8. The lowest BCUT2D eigenvalue weighted by Crippen LogP contribution is -2.46. The minimum atomic E-state index is -0.556. The van der Waals surface area contributed by atoms with Gasteiger partial charge < -0.3 is 19.4 Å². The van der Waals surface area contributed by atoms with Crippen molar-refractivity contribution in [1.29, 1.82) is 0 Å². The molecule has 2 amide bonds. The molecule has 2 saturated heterocycles. The summed E-state index contributed by atoms with van der Waals surface area (Å²) in [7, 11) is 0. The lowest BCUT2D eigenvalue weighted by atomic mass is 9.80. The standard InChI is InChI=1S/C38H44N8O4/c1-37(2,3)49-35(47)45-15-7-8-31(45)34-42-25-13-10-22(17-27(25)43-34)28-19-39-26-16-21(9-12-24(26)41-28)29-20-40-33(44-29)32-18-23-11-14-30(23)46(32)36(48)50-38(4,5)6/h9-10,12-13,16-17,19-20,23,30-32H,7-8,11,14-15,18H2,1-6H3,(H,40,44)(H,42,43). The largest absolute Gasteiger partial charge is 0.444 e. The molecule has 8 rings (SSSR count). The number of imidazole rings is 2. The maximum atomic E-state index is 13.2. The van der Waals surface area contributed by atoms with Gasteiger partial charge in [-0.25, -0.2) is 24.5 Å². The van der Waals surface area contributed by atoms with E-state index in [1.54, 1.807) is 11.1 Å². The Kier molecular flexibility index (Phi) is 7.61. The number of amides is 2. The molecule has 2 aliphatic heterocycles. The van der Waals surface area contributed by atoms with E-state index in [4.69, 9.17) is 29.4 Å². The van der Waals surface area contributed by atoms with Crippen LogP contribution in [0.3, 0.4) is 0 Å². The van der Waals surface area contributed by atoms with Crippen LogP contribution >= 0.6 is 0 Å². The molecule has 50 heavy (non-hydrogen) atoms. The number of hydrogen-bond acceptors (Lipinski definition) is 8. The third-order valence-corrected chi connectivity index (χ3v) is 9.96. The fourth-order valence-corrected chi connectivity index (χ4v) is 7.55. The molecule has 1 saturated carbocycles. The van der Waals surface area contributed by atoms with Crippen molar-refractivity contribution in [2.45, 2.75) is 103 Å². The smallest absolute Gasteiger partial charge is 0.411 e. The number of rotatable bonds is 4. The van der Waals surface area contributed by atoms with Gasteiger partial charge in [0.1, 0.15) is 22.9 Å². The van der Waals surface area contributed by atoms with Crippen molar-refractivity contribution in [3.63, 3.8) is 0 Å². The van der Waals surface area contributed by atoms with Crippen molar-refractivity contribution in [1.82, 2.24) is 39.7 Å². The number of ether oxygens (including phenoxy) is 2. The zero-order chi connectivity index (χ0) is 34.9. The van der Waals surface area contributed by atoms with Gasteiger partial charge in [-0.05, 0) is 104 Å². The molecule has 5 heterocycles. The molecule has 3 fully saturated rings. The fraction of sp³-hybridized carbons (Fsp3) is 0.474. The van der Waals surface area contributed by atoms with Crippen LogP contribution < -0.4 is 0 Å². The molecule has 4 unspecified atom stereocenters. The van der Waals surface area contributed by atoms with Gasteiger partial charge in [-0.15, -0.1) is 0 Å². The SMILES string of the molecule is CC(C)(C)OC(=O)N1CCCC1c1nc2ccc(-c3cnc4cc(-c5cnc(C6CC7CCC7N6C(=O)OC(C)(C)C)[nH]5)ccc4n3)cc2[nH]1. The molecule has 12 heteroatoms. The fourth-order valence-electron chi connectivity index (χ4n) is 7.55. The highest BCUT2D eigenvalue weighted by molar-refractivity contribution is 5.85. The number of H-pyrrole nitrogens is 2. The van der Waals surface area contributed by atoms with E-state index in [0.29, 0.717) is 12.5 Å². The monoisotopic (exact) mass is 676 g/mol. The van der Waals surface area contributed by atoms with Gasteiger partial charge in [0.2, 0.25) is 0 Å². The average Bonchev–Trinajstić information content (AvgIpc) is 3.83. The molecule has 1 aliphatic carbocycles. The number of aromatic amines is 2. The highest BCUT2D eigenvalue weighted by Gasteiger charge is 2.51. The quantitative estimate of drug-likeness (QED) is 0.195. The number of nitrogens with zero attached hydrogens (tertiary/aromatic N) is 6. The van der Waals surface area contributed by atoms with Crippen LogP contribution in [0.1, 0.15) is 97.4 Å². The van der Waals surface area contributed by atoms with Gasteiger partial charge >= 0.3 is 12.2 Å². The summed E-state index contributed by atoms with van der Waals surface area (Å²) in [5, 5.41) is 0. The van der Waals surface area contributed by atoms with E-state index in [-0.39, 0.29) is 30.3 Å². The predicted octanol–water partition coefficient (Wildman–Crippen LogP) is 8.10. The highest BCUT2D eigenvalue weighted by Crippen LogP contribution is 2.49. The summed E-state index contributed by atoms with van der Waals surface area (Å²) in [5.74, 6) is 2.03. The lowest BCUT2D eigenvalue weighted by molar-refractivity contribution is 0.00474. The van der Waals surface area contributed by atoms with Crippen LogP contribution in [0.25, 0.3) is 44.6 Å². The van der Waals surface area contributed by atoms with E-state index in [0.717, 1.165) is 88.3 Å². The Hall–Kier alpha value is -5.00. The number of hydrogen-bond donors (Lipinski definition) is 2. The van der Waals surface area contributed by atoms with Crippen molar-refractivity contribution in [3.8, 4) is 22.5 Å². The first-order valence-corrected chi connectivity index (χ1v) is 17.6. The van der Waals surface area contributed by atoms with E-state index in [2.05, 4.69) is 9.97 Å². The Bertz CT molecular complexity index is 2110. The van der Waals surface area contributed by atoms with Crippen LogP contribution in [0.15, 0.2) is 48.8 Å². The number of nitrogens with one attached hydrogen (secondary N) is 2. The Labute approximate surface area is 291 Å². The molecule has 12 nitrogen and oxygen atoms in total. The van der Waals surface area contributed by atoms with E-state index in [9.17, 15) is 9.59 Å². The van der Waals surface area contributed by atoms with Gasteiger partial charge in [-0.2, -0.15) is 0 Å². The molecule has 4 atom stereocenters. The summed E-state index contributed by atoms with van der Waals surface area (Å²) in [6, 6.07) is 11.9. The second-order valence-electron chi connectivity index (χ2n) is 15.9. The predicted molar refractivity (Wildman–Crippen MR) is 189 cm³/mol. The van der Waals surface area contributed by atoms with Gasteiger partial charge in [-0.1, -0.05) is 12.1 Å². The van der Waals surface area contributed by atoms with Crippen molar-refractivity contribution in [2.24, 2.45) is 5.92 Å². The van der Waals surface area contributed by atoms with Crippen LogP contribution in [0.5, 0.6) is 0 Å². The summed E-state index contributed by atoms with van der Waals surface area (Å²) in [4.78, 5) is 56.0.